The zero-order valence-corrected chi connectivity index (χ0v) is 18.1. The van der Waals surface area contributed by atoms with Crippen LogP contribution in [0.25, 0.3) is 0 Å². The first-order chi connectivity index (χ1) is 14.8. The van der Waals surface area contributed by atoms with Crippen LogP contribution in [-0.4, -0.2) is 48.2 Å². The van der Waals surface area contributed by atoms with E-state index in [0.29, 0.717) is 25.8 Å². The fraction of sp³-hybridized carbons (Fsp3) is 0.545. The Hall–Kier alpha value is -3.10. The molecule has 1 aromatic carbocycles. The number of hydrogen-bond donors (Lipinski definition) is 3. The molecule has 0 fully saturated rings. The number of carbonyl (C=O) groups excluding carboxylic acids is 3. The molecule has 31 heavy (non-hydrogen) atoms. The maximum absolute atomic E-state index is 12.1. The lowest BCUT2D eigenvalue weighted by Gasteiger charge is -2.20. The number of aliphatic carboxylic acids is 1. The van der Waals surface area contributed by atoms with Crippen molar-refractivity contribution >= 4 is 23.9 Å². The van der Waals surface area contributed by atoms with Crippen molar-refractivity contribution in [2.24, 2.45) is 5.92 Å². The molecule has 0 spiro atoms. The van der Waals surface area contributed by atoms with Gasteiger partial charge in [0.05, 0.1) is 13.0 Å². The molecule has 1 rings (SSSR count). The van der Waals surface area contributed by atoms with Crippen LogP contribution in [0.5, 0.6) is 0 Å². The number of hydrogen-bond acceptors (Lipinski definition) is 6. The summed E-state index contributed by atoms with van der Waals surface area (Å²) in [7, 11) is 0. The molecule has 0 heterocycles. The van der Waals surface area contributed by atoms with Crippen LogP contribution < -0.4 is 10.6 Å². The zero-order chi connectivity index (χ0) is 23.1. The maximum Gasteiger partial charge on any atom is 0.407 e. The monoisotopic (exact) mass is 436 g/mol. The molecule has 0 aliphatic rings. The molecule has 0 aliphatic carbocycles. The van der Waals surface area contributed by atoms with E-state index < -0.39 is 35.9 Å². The number of nitrogens with one attached hydrogen (secondary N) is 2. The molecule has 3 N–H and O–H groups in total. The van der Waals surface area contributed by atoms with Crippen molar-refractivity contribution in [2.75, 3.05) is 13.2 Å². The van der Waals surface area contributed by atoms with Crippen molar-refractivity contribution in [1.82, 2.24) is 10.6 Å². The van der Waals surface area contributed by atoms with Gasteiger partial charge >= 0.3 is 18.0 Å². The van der Waals surface area contributed by atoms with Crippen molar-refractivity contribution < 1.29 is 33.8 Å². The largest absolute Gasteiger partial charge is 0.480 e. The molecule has 1 aromatic rings. The van der Waals surface area contributed by atoms with Gasteiger partial charge in [0, 0.05) is 13.0 Å². The quantitative estimate of drug-likeness (QED) is 0.302. The van der Waals surface area contributed by atoms with Crippen molar-refractivity contribution in [1.29, 1.82) is 0 Å². The zero-order valence-electron chi connectivity index (χ0n) is 18.1. The molecule has 0 aliphatic heterocycles. The standard InChI is InChI=1S/C22H32N2O7/c1-3-30-19(26)14-16(2)20(21(27)28)24-18(25)12-8-5-9-13-23-22(29)31-15-17-10-6-4-7-11-17/h4,6-7,10-11,16,20H,3,5,8-9,12-15H2,1-2H3,(H,23,29)(H,24,25)(H,27,28)/t16-,20-/m0/s1. The van der Waals surface area contributed by atoms with Gasteiger partial charge in [-0.2, -0.15) is 0 Å². The predicted octanol–water partition coefficient (Wildman–Crippen LogP) is 2.63. The second-order valence-electron chi connectivity index (χ2n) is 7.17. The maximum atomic E-state index is 12.1. The molecule has 0 unspecified atom stereocenters. The van der Waals surface area contributed by atoms with Crippen molar-refractivity contribution in [2.45, 2.75) is 58.6 Å². The molecule has 0 aromatic heterocycles. The summed E-state index contributed by atoms with van der Waals surface area (Å²) in [5, 5.41) is 14.4. The molecule has 0 bridgehead atoms. The average Bonchev–Trinajstić information content (AvgIpc) is 2.73. The summed E-state index contributed by atoms with van der Waals surface area (Å²) in [4.78, 5) is 46.6. The number of ether oxygens (including phenoxy) is 2. The van der Waals surface area contributed by atoms with Gasteiger partial charge in [-0.15, -0.1) is 0 Å². The Labute approximate surface area is 182 Å². The van der Waals surface area contributed by atoms with Gasteiger partial charge in [0.2, 0.25) is 5.91 Å². The Morgan fingerprint density at radius 2 is 1.74 bits per heavy atom. The van der Waals surface area contributed by atoms with Crippen LogP contribution in [-0.2, 0) is 30.5 Å². The summed E-state index contributed by atoms with van der Waals surface area (Å²) in [6.45, 7) is 4.09. The Balaban J connectivity index is 2.18. The van der Waals surface area contributed by atoms with E-state index >= 15 is 0 Å². The minimum Gasteiger partial charge on any atom is -0.480 e. The highest BCUT2D eigenvalue weighted by Gasteiger charge is 2.28. The number of alkyl carbamates (subject to hydrolysis) is 1. The summed E-state index contributed by atoms with van der Waals surface area (Å²) in [5.41, 5.74) is 0.903. The SMILES string of the molecule is CCOC(=O)C[C@H](C)[C@H](NC(=O)CCCCCNC(=O)OCc1ccccc1)C(=O)O. The second-order valence-corrected chi connectivity index (χ2v) is 7.17. The number of carbonyl (C=O) groups is 4. The third-order valence-electron chi connectivity index (χ3n) is 4.51. The van der Waals surface area contributed by atoms with E-state index in [4.69, 9.17) is 9.47 Å². The van der Waals surface area contributed by atoms with Gasteiger partial charge in [-0.25, -0.2) is 9.59 Å². The molecular formula is C22H32N2O7. The van der Waals surface area contributed by atoms with Crippen LogP contribution in [0.1, 0.15) is 51.5 Å². The van der Waals surface area contributed by atoms with Gasteiger partial charge < -0.3 is 25.2 Å². The van der Waals surface area contributed by atoms with Crippen molar-refractivity contribution in [3.05, 3.63) is 35.9 Å². The first-order valence-electron chi connectivity index (χ1n) is 10.5. The molecule has 0 saturated carbocycles. The molecule has 172 valence electrons. The molecule has 0 radical (unpaired) electrons. The van der Waals surface area contributed by atoms with Crippen molar-refractivity contribution in [3.8, 4) is 0 Å². The summed E-state index contributed by atoms with van der Waals surface area (Å²) in [5.74, 6) is -2.67. The Bertz CT molecular complexity index is 709. The number of carboxylic acid groups (broad SMARTS) is 1. The van der Waals surface area contributed by atoms with E-state index in [1.54, 1.807) is 13.8 Å². The Morgan fingerprint density at radius 1 is 1.03 bits per heavy atom. The number of unbranched alkanes of at least 4 members (excludes halogenated alkanes) is 2. The highest BCUT2D eigenvalue weighted by atomic mass is 16.5. The second kappa shape index (κ2) is 14.8. The molecule has 9 nitrogen and oxygen atoms in total. The van der Waals surface area contributed by atoms with Crippen molar-refractivity contribution in [3.63, 3.8) is 0 Å². The smallest absolute Gasteiger partial charge is 0.407 e. The van der Waals surface area contributed by atoms with Gasteiger partial charge in [-0.3, -0.25) is 9.59 Å². The number of amides is 2. The van der Waals surface area contributed by atoms with Gasteiger partial charge in [-0.1, -0.05) is 43.7 Å². The lowest BCUT2D eigenvalue weighted by Crippen LogP contribution is -2.45. The first kappa shape index (κ1) is 25.9. The van der Waals surface area contributed by atoms with Gasteiger partial charge in [-0.05, 0) is 31.2 Å². The highest BCUT2D eigenvalue weighted by molar-refractivity contribution is 5.84. The van der Waals surface area contributed by atoms with E-state index in [0.717, 1.165) is 5.56 Å². The fourth-order valence-electron chi connectivity index (χ4n) is 2.85. The number of carboxylic acids is 1. The lowest BCUT2D eigenvalue weighted by atomic mass is 9.98. The van der Waals surface area contributed by atoms with Crippen LogP contribution in [0.15, 0.2) is 30.3 Å². The normalized spacial score (nSPS) is 12.3. The van der Waals surface area contributed by atoms with Crippen LogP contribution in [0.4, 0.5) is 4.79 Å². The van der Waals surface area contributed by atoms with E-state index in [9.17, 15) is 24.3 Å². The minimum absolute atomic E-state index is 0.0862. The summed E-state index contributed by atoms with van der Waals surface area (Å²) < 4.78 is 9.92. The number of esters is 1. The van der Waals surface area contributed by atoms with E-state index in [2.05, 4.69) is 10.6 Å². The van der Waals surface area contributed by atoms with Gasteiger partial charge in [0.25, 0.3) is 0 Å². The minimum atomic E-state index is -1.19. The summed E-state index contributed by atoms with van der Waals surface area (Å²) >= 11 is 0. The Kier molecular flexibility index (Phi) is 12.4. The van der Waals surface area contributed by atoms with Gasteiger partial charge in [0.15, 0.2) is 0 Å². The van der Waals surface area contributed by atoms with Crippen LogP contribution in [0.3, 0.4) is 0 Å². The summed E-state index contributed by atoms with van der Waals surface area (Å²) in [6.07, 6.45) is 1.47. The van der Waals surface area contributed by atoms with E-state index in [1.807, 2.05) is 30.3 Å². The average molecular weight is 437 g/mol. The third-order valence-corrected chi connectivity index (χ3v) is 4.51. The molecule has 2 atom stereocenters. The van der Waals surface area contributed by atoms with E-state index in [1.165, 1.54) is 0 Å². The van der Waals surface area contributed by atoms with Crippen LogP contribution in [0.2, 0.25) is 0 Å². The fourth-order valence-corrected chi connectivity index (χ4v) is 2.85. The molecule has 9 heteroatoms. The summed E-state index contributed by atoms with van der Waals surface area (Å²) in [6, 6.07) is 8.20. The predicted molar refractivity (Wildman–Crippen MR) is 113 cm³/mol. The van der Waals surface area contributed by atoms with Crippen LogP contribution in [0, 0.1) is 5.92 Å². The first-order valence-corrected chi connectivity index (χ1v) is 10.5. The topological polar surface area (TPSA) is 131 Å². The number of rotatable bonds is 14. The Morgan fingerprint density at radius 3 is 2.39 bits per heavy atom. The number of benzene rings is 1. The third kappa shape index (κ3) is 11.6. The molecular weight excluding hydrogens is 404 g/mol. The lowest BCUT2D eigenvalue weighted by molar-refractivity contribution is -0.147. The highest BCUT2D eigenvalue weighted by Crippen LogP contribution is 2.11. The van der Waals surface area contributed by atoms with Gasteiger partial charge in [0.1, 0.15) is 12.6 Å². The van der Waals surface area contributed by atoms with E-state index in [-0.39, 0.29) is 26.1 Å². The molecule has 2 amide bonds. The molecule has 0 saturated heterocycles. The van der Waals surface area contributed by atoms with Crippen LogP contribution >= 0.6 is 0 Å².